The van der Waals surface area contributed by atoms with E-state index in [-0.39, 0.29) is 5.82 Å². The number of hydrogen-bond acceptors (Lipinski definition) is 3. The highest BCUT2D eigenvalue weighted by Crippen LogP contribution is 2.32. The monoisotopic (exact) mass is 379 g/mol. The van der Waals surface area contributed by atoms with Gasteiger partial charge < -0.3 is 0 Å². The molecule has 5 heteroatoms. The molecule has 138 valence electrons. The predicted octanol–water partition coefficient (Wildman–Crippen LogP) is 5.45. The van der Waals surface area contributed by atoms with E-state index in [4.69, 9.17) is 5.10 Å². The summed E-state index contributed by atoms with van der Waals surface area (Å²) in [6.45, 7) is 0. The van der Waals surface area contributed by atoms with Crippen LogP contribution in [0.3, 0.4) is 0 Å². The fourth-order valence-corrected chi connectivity index (χ4v) is 4.44. The van der Waals surface area contributed by atoms with Crippen molar-refractivity contribution in [2.75, 3.05) is 7.05 Å². The van der Waals surface area contributed by atoms with Gasteiger partial charge in [0.1, 0.15) is 5.82 Å². The summed E-state index contributed by atoms with van der Waals surface area (Å²) in [6, 6.07) is 17.5. The van der Waals surface area contributed by atoms with Crippen LogP contribution in [-0.2, 0) is 0 Å². The van der Waals surface area contributed by atoms with E-state index in [0.717, 1.165) is 41.9 Å². The largest absolute Gasteiger partial charge is 0.261 e. The van der Waals surface area contributed by atoms with Crippen molar-refractivity contribution in [1.82, 2.24) is 4.68 Å². The Hall–Kier alpha value is -2.53. The molecule has 0 unspecified atom stereocenters. The summed E-state index contributed by atoms with van der Waals surface area (Å²) < 4.78 is 16.1. The van der Waals surface area contributed by atoms with Crippen LogP contribution < -0.4 is 4.80 Å². The molecule has 3 aromatic rings. The molecule has 0 spiro atoms. The van der Waals surface area contributed by atoms with Crippen LogP contribution >= 0.6 is 11.3 Å². The Morgan fingerprint density at radius 2 is 1.70 bits per heavy atom. The second-order valence-electron chi connectivity index (χ2n) is 6.77. The molecule has 1 aliphatic rings. The summed E-state index contributed by atoms with van der Waals surface area (Å²) in [5.74, 6) is 0.360. The van der Waals surface area contributed by atoms with Gasteiger partial charge in [0, 0.05) is 23.7 Å². The predicted molar refractivity (Wildman–Crippen MR) is 110 cm³/mol. The molecule has 0 saturated heterocycles. The molecule has 1 fully saturated rings. The summed E-state index contributed by atoms with van der Waals surface area (Å²) in [6.07, 6.45) is 4.12. The first kappa shape index (κ1) is 17.9. The second-order valence-corrected chi connectivity index (χ2v) is 7.61. The lowest BCUT2D eigenvalue weighted by Crippen LogP contribution is -2.18. The minimum Gasteiger partial charge on any atom is -0.261 e. The number of benzene rings is 2. The average molecular weight is 380 g/mol. The first-order chi connectivity index (χ1) is 13.3. The minimum absolute atomic E-state index is 0.236. The van der Waals surface area contributed by atoms with Crippen molar-refractivity contribution in [2.45, 2.75) is 31.6 Å². The summed E-state index contributed by atoms with van der Waals surface area (Å²) in [7, 11) is 1.75. The Morgan fingerprint density at radius 1 is 1.00 bits per heavy atom. The van der Waals surface area contributed by atoms with E-state index in [9.17, 15) is 4.39 Å². The summed E-state index contributed by atoms with van der Waals surface area (Å²) in [5, 5.41) is 6.81. The van der Waals surface area contributed by atoms with Crippen molar-refractivity contribution < 1.29 is 4.39 Å². The van der Waals surface area contributed by atoms with Crippen LogP contribution in [0.1, 0.15) is 37.2 Å². The van der Waals surface area contributed by atoms with Gasteiger partial charge in [0.05, 0.1) is 5.69 Å². The van der Waals surface area contributed by atoms with Crippen LogP contribution in [0.15, 0.2) is 70.1 Å². The van der Waals surface area contributed by atoms with E-state index in [1.807, 2.05) is 11.4 Å². The molecular weight excluding hydrogens is 357 g/mol. The normalized spacial score (nSPS) is 17.9. The summed E-state index contributed by atoms with van der Waals surface area (Å²) >= 11 is 1.49. The van der Waals surface area contributed by atoms with Crippen molar-refractivity contribution in [3.8, 4) is 11.3 Å². The maximum Gasteiger partial charge on any atom is 0.205 e. The van der Waals surface area contributed by atoms with Crippen molar-refractivity contribution in [2.24, 2.45) is 10.1 Å². The van der Waals surface area contributed by atoms with Gasteiger partial charge in [-0.05, 0) is 49.3 Å². The number of rotatable bonds is 3. The van der Waals surface area contributed by atoms with E-state index in [2.05, 4.69) is 35.3 Å². The van der Waals surface area contributed by atoms with E-state index in [1.54, 1.807) is 23.9 Å². The standard InChI is InChI=1S/C22H22FN3S/c1-24-22-26(21(15-27-22)19-9-5-6-10-20(19)23)25-18-13-11-17(12-14-18)16-7-3-2-4-8-16/h2-10,15,17H,11-14H2,1H3. The van der Waals surface area contributed by atoms with Crippen molar-refractivity contribution in [1.29, 1.82) is 0 Å². The summed E-state index contributed by atoms with van der Waals surface area (Å²) in [4.78, 5) is 5.11. The highest BCUT2D eigenvalue weighted by molar-refractivity contribution is 7.07. The molecule has 4 rings (SSSR count). The zero-order valence-electron chi connectivity index (χ0n) is 15.3. The lowest BCUT2D eigenvalue weighted by molar-refractivity contribution is 0.562. The highest BCUT2D eigenvalue weighted by Gasteiger charge is 2.20. The minimum atomic E-state index is -0.236. The number of hydrogen-bond donors (Lipinski definition) is 0. The lowest BCUT2D eigenvalue weighted by atomic mass is 9.83. The van der Waals surface area contributed by atoms with Crippen LogP contribution in [0.5, 0.6) is 0 Å². The molecule has 0 radical (unpaired) electrons. The fraction of sp³-hybridized carbons (Fsp3) is 0.273. The third-order valence-electron chi connectivity index (χ3n) is 5.10. The lowest BCUT2D eigenvalue weighted by Gasteiger charge is -2.23. The van der Waals surface area contributed by atoms with Gasteiger partial charge in [-0.2, -0.15) is 5.10 Å². The Morgan fingerprint density at radius 3 is 2.41 bits per heavy atom. The van der Waals surface area contributed by atoms with Crippen LogP contribution in [0, 0.1) is 5.82 Å². The summed E-state index contributed by atoms with van der Waals surface area (Å²) in [5.41, 5.74) is 3.89. The van der Waals surface area contributed by atoms with E-state index in [0.29, 0.717) is 11.5 Å². The molecule has 2 aromatic carbocycles. The van der Waals surface area contributed by atoms with Gasteiger partial charge in [0.2, 0.25) is 4.80 Å². The molecule has 1 saturated carbocycles. The van der Waals surface area contributed by atoms with E-state index in [1.165, 1.54) is 23.0 Å². The van der Waals surface area contributed by atoms with Crippen molar-refractivity contribution in [3.05, 3.63) is 76.2 Å². The first-order valence-corrected chi connectivity index (χ1v) is 10.1. The quantitative estimate of drug-likeness (QED) is 0.579. The zero-order chi connectivity index (χ0) is 18.6. The second kappa shape index (κ2) is 8.01. The van der Waals surface area contributed by atoms with Gasteiger partial charge in [-0.15, -0.1) is 11.3 Å². The topological polar surface area (TPSA) is 29.6 Å². The molecule has 0 atom stereocenters. The highest BCUT2D eigenvalue weighted by atomic mass is 32.1. The third-order valence-corrected chi connectivity index (χ3v) is 6.01. The molecule has 0 bridgehead atoms. The molecule has 0 amide bonds. The molecular formula is C22H22FN3S. The molecule has 1 aromatic heterocycles. The molecule has 0 aliphatic heterocycles. The van der Waals surface area contributed by atoms with E-state index >= 15 is 0 Å². The van der Waals surface area contributed by atoms with Crippen LogP contribution in [0.2, 0.25) is 0 Å². The molecule has 1 heterocycles. The maximum atomic E-state index is 14.3. The SMILES string of the molecule is CN=c1scc(-c2ccccc2F)n1N=C1CCC(c2ccccc2)CC1. The van der Waals surface area contributed by atoms with Gasteiger partial charge >= 0.3 is 0 Å². The molecule has 1 aliphatic carbocycles. The molecule has 27 heavy (non-hydrogen) atoms. The van der Waals surface area contributed by atoms with E-state index < -0.39 is 0 Å². The van der Waals surface area contributed by atoms with Crippen LogP contribution in [0.4, 0.5) is 4.39 Å². The van der Waals surface area contributed by atoms with Gasteiger partial charge in [-0.3, -0.25) is 4.99 Å². The number of thiazole rings is 1. The first-order valence-electron chi connectivity index (χ1n) is 9.26. The van der Waals surface area contributed by atoms with Gasteiger partial charge in [0.15, 0.2) is 0 Å². The van der Waals surface area contributed by atoms with Gasteiger partial charge in [-0.1, -0.05) is 42.5 Å². The van der Waals surface area contributed by atoms with Crippen LogP contribution in [0.25, 0.3) is 11.3 Å². The van der Waals surface area contributed by atoms with Crippen LogP contribution in [-0.4, -0.2) is 17.4 Å². The molecule has 3 nitrogen and oxygen atoms in total. The Bertz CT molecular complexity index is 1010. The fourth-order valence-electron chi connectivity index (χ4n) is 3.65. The number of aromatic nitrogens is 1. The zero-order valence-corrected chi connectivity index (χ0v) is 16.1. The van der Waals surface area contributed by atoms with Gasteiger partial charge in [0.25, 0.3) is 0 Å². The van der Waals surface area contributed by atoms with Crippen molar-refractivity contribution in [3.63, 3.8) is 0 Å². The third kappa shape index (κ3) is 3.78. The van der Waals surface area contributed by atoms with Gasteiger partial charge in [-0.25, -0.2) is 9.07 Å². The number of halogens is 1. The Kier molecular flexibility index (Phi) is 5.30. The Labute approximate surface area is 162 Å². The maximum absolute atomic E-state index is 14.3. The smallest absolute Gasteiger partial charge is 0.205 e. The van der Waals surface area contributed by atoms with Crippen molar-refractivity contribution >= 4 is 17.0 Å². The molecule has 0 N–H and O–H groups in total. The Balaban J connectivity index is 1.62. The average Bonchev–Trinajstić information content (AvgIpc) is 3.12. The number of nitrogens with zero attached hydrogens (tertiary/aromatic N) is 3.